The van der Waals surface area contributed by atoms with E-state index in [0.29, 0.717) is 12.1 Å². The second-order valence-corrected chi connectivity index (χ2v) is 5.27. The topological polar surface area (TPSA) is 29.9 Å². The summed E-state index contributed by atoms with van der Waals surface area (Å²) >= 11 is 3.54. The first-order valence-corrected chi connectivity index (χ1v) is 7.04. The van der Waals surface area contributed by atoms with Gasteiger partial charge in [-0.2, -0.15) is 5.10 Å². The zero-order valence-electron chi connectivity index (χ0n) is 11.3. The molecule has 2 aromatic rings. The molecule has 0 aliphatic carbocycles. The van der Waals surface area contributed by atoms with Gasteiger partial charge in [0.05, 0.1) is 22.4 Å². The second-order valence-electron chi connectivity index (χ2n) is 4.48. The van der Waals surface area contributed by atoms with E-state index < -0.39 is 0 Å². The molecule has 19 heavy (non-hydrogen) atoms. The molecule has 0 spiro atoms. The van der Waals surface area contributed by atoms with Crippen LogP contribution >= 0.6 is 15.9 Å². The van der Waals surface area contributed by atoms with Crippen LogP contribution in [0.2, 0.25) is 0 Å². The van der Waals surface area contributed by atoms with E-state index in [1.54, 1.807) is 13.0 Å². The number of hydrogen-bond acceptors (Lipinski definition) is 2. The monoisotopic (exact) mass is 325 g/mol. The summed E-state index contributed by atoms with van der Waals surface area (Å²) in [5.41, 5.74) is 3.47. The lowest BCUT2D eigenvalue weighted by atomic mass is 10.2. The molecular weight excluding hydrogens is 309 g/mol. The second kappa shape index (κ2) is 5.74. The molecule has 0 bridgehead atoms. The molecule has 1 heterocycles. The summed E-state index contributed by atoms with van der Waals surface area (Å²) in [5.74, 6) is -0.191. The van der Waals surface area contributed by atoms with Gasteiger partial charge < -0.3 is 5.32 Å². The molecule has 102 valence electrons. The number of halogens is 2. The Morgan fingerprint density at radius 1 is 1.37 bits per heavy atom. The van der Waals surface area contributed by atoms with E-state index in [4.69, 9.17) is 0 Å². The molecule has 0 unspecified atom stereocenters. The lowest BCUT2D eigenvalue weighted by molar-refractivity contribution is 0.616. The molecule has 0 fully saturated rings. The summed E-state index contributed by atoms with van der Waals surface area (Å²) in [6.07, 6.45) is 0. The van der Waals surface area contributed by atoms with Crippen molar-refractivity contribution in [3.8, 4) is 0 Å². The molecule has 3 nitrogen and oxygen atoms in total. The van der Waals surface area contributed by atoms with Crippen molar-refractivity contribution in [2.75, 3.05) is 5.32 Å². The predicted molar refractivity (Wildman–Crippen MR) is 78.8 cm³/mol. The molecule has 0 atom stereocenters. The molecule has 1 aromatic heterocycles. The molecule has 1 N–H and O–H groups in total. The lowest BCUT2D eigenvalue weighted by Gasteiger charge is -2.09. The van der Waals surface area contributed by atoms with Crippen molar-refractivity contribution in [3.05, 3.63) is 45.4 Å². The van der Waals surface area contributed by atoms with Crippen LogP contribution in [0, 0.1) is 19.7 Å². The number of hydrogen-bond donors (Lipinski definition) is 1. The Hall–Kier alpha value is -1.36. The SMILES string of the molecule is CCn1nc(C)c(Br)c1CNc1ccc(C)c(F)c1. The molecule has 5 heteroatoms. The molecule has 1 aromatic carbocycles. The van der Waals surface area contributed by atoms with E-state index >= 15 is 0 Å². The largest absolute Gasteiger partial charge is 0.379 e. The Morgan fingerprint density at radius 2 is 2.11 bits per heavy atom. The minimum absolute atomic E-state index is 0.191. The van der Waals surface area contributed by atoms with Crippen molar-refractivity contribution in [2.24, 2.45) is 0 Å². The fraction of sp³-hybridized carbons (Fsp3) is 0.357. The fourth-order valence-electron chi connectivity index (χ4n) is 1.93. The van der Waals surface area contributed by atoms with Crippen molar-refractivity contribution >= 4 is 21.6 Å². The van der Waals surface area contributed by atoms with Crippen molar-refractivity contribution in [2.45, 2.75) is 33.9 Å². The van der Waals surface area contributed by atoms with Gasteiger partial charge in [0.25, 0.3) is 0 Å². The number of aryl methyl sites for hydroxylation is 3. The lowest BCUT2D eigenvalue weighted by Crippen LogP contribution is -2.08. The molecule has 0 saturated carbocycles. The average molecular weight is 326 g/mol. The van der Waals surface area contributed by atoms with E-state index in [1.807, 2.05) is 24.6 Å². The Labute approximate surface area is 121 Å². The van der Waals surface area contributed by atoms with E-state index in [9.17, 15) is 4.39 Å². The minimum Gasteiger partial charge on any atom is -0.379 e. The first-order valence-electron chi connectivity index (χ1n) is 6.24. The number of rotatable bonds is 4. The van der Waals surface area contributed by atoms with Crippen molar-refractivity contribution in [3.63, 3.8) is 0 Å². The third-order valence-electron chi connectivity index (χ3n) is 3.08. The number of nitrogens with one attached hydrogen (secondary N) is 1. The fourth-order valence-corrected chi connectivity index (χ4v) is 2.35. The first-order chi connectivity index (χ1) is 9.02. The highest BCUT2D eigenvalue weighted by Gasteiger charge is 2.11. The highest BCUT2D eigenvalue weighted by atomic mass is 79.9. The first kappa shape index (κ1) is 14.1. The van der Waals surface area contributed by atoms with Gasteiger partial charge in [0.2, 0.25) is 0 Å². The highest BCUT2D eigenvalue weighted by Crippen LogP contribution is 2.22. The zero-order valence-corrected chi connectivity index (χ0v) is 12.9. The molecule has 0 radical (unpaired) electrons. The van der Waals surface area contributed by atoms with Crippen LogP contribution in [-0.2, 0) is 13.1 Å². The third kappa shape index (κ3) is 2.97. The summed E-state index contributed by atoms with van der Waals surface area (Å²) < 4.78 is 16.4. The average Bonchev–Trinajstić information content (AvgIpc) is 2.67. The van der Waals surface area contributed by atoms with Crippen molar-refractivity contribution < 1.29 is 4.39 Å². The Bertz CT molecular complexity index is 593. The van der Waals surface area contributed by atoms with Crippen molar-refractivity contribution in [1.82, 2.24) is 9.78 Å². The summed E-state index contributed by atoms with van der Waals surface area (Å²) in [6, 6.07) is 5.17. The summed E-state index contributed by atoms with van der Waals surface area (Å²) in [7, 11) is 0. The van der Waals surface area contributed by atoms with Gasteiger partial charge in [0, 0.05) is 12.2 Å². The van der Waals surface area contributed by atoms with Gasteiger partial charge in [-0.25, -0.2) is 4.39 Å². The van der Waals surface area contributed by atoms with E-state index in [1.165, 1.54) is 6.07 Å². The molecule has 2 rings (SSSR count). The van der Waals surface area contributed by atoms with Gasteiger partial charge in [0.15, 0.2) is 0 Å². The van der Waals surface area contributed by atoms with E-state index in [-0.39, 0.29) is 5.82 Å². The standard InChI is InChI=1S/C14H17BrFN3/c1-4-19-13(14(15)10(3)18-19)8-17-11-6-5-9(2)12(16)7-11/h5-7,17H,4,8H2,1-3H3. The van der Waals surface area contributed by atoms with Gasteiger partial charge in [-0.15, -0.1) is 0 Å². The van der Waals surface area contributed by atoms with E-state index in [0.717, 1.165) is 28.1 Å². The molecule has 0 aliphatic heterocycles. The number of aromatic nitrogens is 2. The zero-order chi connectivity index (χ0) is 14.0. The molecule has 0 saturated heterocycles. The van der Waals surface area contributed by atoms with E-state index in [2.05, 4.69) is 26.3 Å². The Morgan fingerprint density at radius 3 is 2.74 bits per heavy atom. The summed E-state index contributed by atoms with van der Waals surface area (Å²) in [4.78, 5) is 0. The quantitative estimate of drug-likeness (QED) is 0.919. The maximum atomic E-state index is 13.5. The van der Waals surface area contributed by atoms with Gasteiger partial charge in [0.1, 0.15) is 5.82 Å². The predicted octanol–water partition coefficient (Wildman–Crippen LogP) is 4.03. The highest BCUT2D eigenvalue weighted by molar-refractivity contribution is 9.10. The maximum absolute atomic E-state index is 13.5. The smallest absolute Gasteiger partial charge is 0.128 e. The maximum Gasteiger partial charge on any atom is 0.128 e. The van der Waals surface area contributed by atoms with Gasteiger partial charge in [-0.3, -0.25) is 4.68 Å². The van der Waals surface area contributed by atoms with Crippen LogP contribution in [0.5, 0.6) is 0 Å². The normalized spacial score (nSPS) is 10.8. The van der Waals surface area contributed by atoms with Gasteiger partial charge in [-0.05, 0) is 54.4 Å². The summed E-state index contributed by atoms with van der Waals surface area (Å²) in [6.45, 7) is 7.19. The van der Waals surface area contributed by atoms with Crippen molar-refractivity contribution in [1.29, 1.82) is 0 Å². The van der Waals surface area contributed by atoms with Gasteiger partial charge >= 0.3 is 0 Å². The minimum atomic E-state index is -0.191. The van der Waals surface area contributed by atoms with Crippen LogP contribution in [0.25, 0.3) is 0 Å². The molecular formula is C14H17BrFN3. The number of nitrogens with zero attached hydrogens (tertiary/aromatic N) is 2. The van der Waals surface area contributed by atoms with Crippen LogP contribution in [0.3, 0.4) is 0 Å². The third-order valence-corrected chi connectivity index (χ3v) is 4.12. The van der Waals surface area contributed by atoms with Gasteiger partial charge in [-0.1, -0.05) is 6.07 Å². The van der Waals surface area contributed by atoms with Crippen LogP contribution < -0.4 is 5.32 Å². The van der Waals surface area contributed by atoms with Crippen LogP contribution in [0.1, 0.15) is 23.9 Å². The van der Waals surface area contributed by atoms with Crippen LogP contribution in [0.4, 0.5) is 10.1 Å². The Balaban J connectivity index is 2.16. The van der Waals surface area contributed by atoms with Crippen LogP contribution in [0.15, 0.2) is 22.7 Å². The number of anilines is 1. The molecule has 0 aliphatic rings. The molecule has 0 amide bonds. The number of benzene rings is 1. The summed E-state index contributed by atoms with van der Waals surface area (Å²) in [5, 5.41) is 7.66. The van der Waals surface area contributed by atoms with Crippen LogP contribution in [-0.4, -0.2) is 9.78 Å². The Kier molecular flexibility index (Phi) is 4.24.